The van der Waals surface area contributed by atoms with E-state index >= 15 is 0 Å². The fourth-order valence-corrected chi connectivity index (χ4v) is 4.51. The minimum absolute atomic E-state index is 0.0255. The fraction of sp³-hybridized carbons (Fsp3) is 0.136. The van der Waals surface area contributed by atoms with Crippen molar-refractivity contribution in [1.29, 1.82) is 0 Å². The van der Waals surface area contributed by atoms with Crippen LogP contribution in [-0.4, -0.2) is 23.9 Å². The van der Waals surface area contributed by atoms with Gasteiger partial charge in [0.05, 0.1) is 6.26 Å². The van der Waals surface area contributed by atoms with Gasteiger partial charge in [-0.1, -0.05) is 74.8 Å². The Bertz CT molecular complexity index is 2200. The number of ether oxygens (including phenoxy) is 5. The Hall–Kier alpha value is -6.74. The van der Waals surface area contributed by atoms with Crippen molar-refractivity contribution >= 4 is 23.9 Å². The maximum atomic E-state index is 12.5. The lowest BCUT2D eigenvalue weighted by Gasteiger charge is -2.15. The van der Waals surface area contributed by atoms with Crippen LogP contribution in [0.4, 0.5) is 0 Å². The smallest absolute Gasteiger partial charge is 0.338 e. The first-order chi connectivity index (χ1) is 25.0. The molecule has 4 aromatic carbocycles. The molecule has 0 amide bonds. The summed E-state index contributed by atoms with van der Waals surface area (Å²) in [6.07, 6.45) is 1.63. The SMILES string of the molecule is C=C(C)C(=O)Oc1ccc(-c2ccc(-c3ccc(-c4ccc(OC(=O)C(=C)C)c(OC(=O)C(=C)C)c4)c(OC=C(C)C)c3)cc2)cc1OC(=O)C(=C)C. The van der Waals surface area contributed by atoms with E-state index in [1.54, 1.807) is 36.6 Å². The van der Waals surface area contributed by atoms with Crippen LogP contribution in [0.15, 0.2) is 139 Å². The highest BCUT2D eigenvalue weighted by Gasteiger charge is 2.19. The molecule has 0 bridgehead atoms. The number of carbonyl (C=O) groups excluding carboxylic acids is 4. The van der Waals surface area contributed by atoms with Crippen molar-refractivity contribution in [1.82, 2.24) is 0 Å². The van der Waals surface area contributed by atoms with E-state index in [0.717, 1.165) is 22.3 Å². The minimum Gasteiger partial charge on any atom is -0.464 e. The maximum Gasteiger partial charge on any atom is 0.338 e. The van der Waals surface area contributed by atoms with E-state index in [4.69, 9.17) is 23.7 Å². The molecule has 0 unspecified atom stereocenters. The molecule has 0 aliphatic rings. The molecule has 0 aromatic heterocycles. The monoisotopic (exact) mass is 712 g/mol. The van der Waals surface area contributed by atoms with Gasteiger partial charge in [0.1, 0.15) is 5.75 Å². The van der Waals surface area contributed by atoms with Crippen molar-refractivity contribution in [3.8, 4) is 62.1 Å². The molecule has 9 heteroatoms. The van der Waals surface area contributed by atoms with Gasteiger partial charge in [0, 0.05) is 27.9 Å². The number of hydrogen-bond acceptors (Lipinski definition) is 9. The van der Waals surface area contributed by atoms with Crippen LogP contribution in [0.2, 0.25) is 0 Å². The molecule has 0 fully saturated rings. The summed E-state index contributed by atoms with van der Waals surface area (Å²) in [7, 11) is 0. The predicted octanol–water partition coefficient (Wildman–Crippen LogP) is 9.92. The van der Waals surface area contributed by atoms with Gasteiger partial charge in [0.2, 0.25) is 0 Å². The van der Waals surface area contributed by atoms with E-state index in [-0.39, 0.29) is 45.3 Å². The van der Waals surface area contributed by atoms with Gasteiger partial charge in [-0.2, -0.15) is 0 Å². The number of esters is 4. The Labute approximate surface area is 309 Å². The van der Waals surface area contributed by atoms with Crippen LogP contribution < -0.4 is 23.7 Å². The second-order valence-corrected chi connectivity index (χ2v) is 12.6. The quantitative estimate of drug-likeness (QED) is 0.0578. The summed E-state index contributed by atoms with van der Waals surface area (Å²) in [6.45, 7) is 24.4. The van der Waals surface area contributed by atoms with Gasteiger partial charge in [0.25, 0.3) is 0 Å². The predicted molar refractivity (Wildman–Crippen MR) is 205 cm³/mol. The lowest BCUT2D eigenvalue weighted by Crippen LogP contribution is -2.12. The third-order valence-corrected chi connectivity index (χ3v) is 7.36. The summed E-state index contributed by atoms with van der Waals surface area (Å²) in [5.41, 5.74) is 6.20. The Morgan fingerprint density at radius 2 is 0.736 bits per heavy atom. The third-order valence-electron chi connectivity index (χ3n) is 7.36. The third kappa shape index (κ3) is 10.2. The van der Waals surface area contributed by atoms with Crippen molar-refractivity contribution in [2.24, 2.45) is 0 Å². The van der Waals surface area contributed by atoms with Crippen LogP contribution in [0.25, 0.3) is 33.4 Å². The van der Waals surface area contributed by atoms with Crippen LogP contribution >= 0.6 is 0 Å². The molecule has 270 valence electrons. The van der Waals surface area contributed by atoms with Gasteiger partial charge < -0.3 is 23.7 Å². The zero-order valence-corrected chi connectivity index (χ0v) is 30.6. The molecule has 53 heavy (non-hydrogen) atoms. The first-order valence-electron chi connectivity index (χ1n) is 16.4. The summed E-state index contributed by atoms with van der Waals surface area (Å²) in [4.78, 5) is 49.4. The van der Waals surface area contributed by atoms with E-state index < -0.39 is 23.9 Å². The first-order valence-corrected chi connectivity index (χ1v) is 16.4. The molecule has 0 aliphatic heterocycles. The summed E-state index contributed by atoms with van der Waals surface area (Å²) >= 11 is 0. The highest BCUT2D eigenvalue weighted by Crippen LogP contribution is 2.40. The van der Waals surface area contributed by atoms with Crippen molar-refractivity contribution in [3.63, 3.8) is 0 Å². The lowest BCUT2D eigenvalue weighted by atomic mass is 9.97. The number of allylic oxidation sites excluding steroid dienone is 1. The zero-order chi connectivity index (χ0) is 39.0. The maximum absolute atomic E-state index is 12.5. The van der Waals surface area contributed by atoms with E-state index in [1.165, 1.54) is 33.8 Å². The van der Waals surface area contributed by atoms with Crippen LogP contribution in [-0.2, 0) is 19.2 Å². The van der Waals surface area contributed by atoms with Crippen LogP contribution in [0.5, 0.6) is 28.7 Å². The van der Waals surface area contributed by atoms with Crippen LogP contribution in [0, 0.1) is 0 Å². The molecule has 0 saturated heterocycles. The van der Waals surface area contributed by atoms with Gasteiger partial charge >= 0.3 is 23.9 Å². The van der Waals surface area contributed by atoms with Crippen molar-refractivity contribution in [2.75, 3.05) is 0 Å². The molecule has 0 heterocycles. The number of hydrogen-bond donors (Lipinski definition) is 0. The molecular weight excluding hydrogens is 672 g/mol. The van der Waals surface area contributed by atoms with Gasteiger partial charge in [-0.25, -0.2) is 19.2 Å². The normalized spacial score (nSPS) is 10.3. The highest BCUT2D eigenvalue weighted by molar-refractivity contribution is 5.93. The Morgan fingerprint density at radius 3 is 1.13 bits per heavy atom. The molecule has 0 N–H and O–H groups in total. The summed E-state index contributed by atoms with van der Waals surface area (Å²) in [5, 5.41) is 0. The van der Waals surface area contributed by atoms with Crippen molar-refractivity contribution in [2.45, 2.75) is 41.5 Å². The van der Waals surface area contributed by atoms with E-state index in [9.17, 15) is 19.2 Å². The molecule has 4 rings (SSSR count). The summed E-state index contributed by atoms with van der Waals surface area (Å²) < 4.78 is 28.0. The minimum atomic E-state index is -0.680. The molecule has 0 spiro atoms. The lowest BCUT2D eigenvalue weighted by molar-refractivity contribution is -0.132. The second kappa shape index (κ2) is 17.0. The summed E-state index contributed by atoms with van der Waals surface area (Å²) in [6, 6.07) is 23.2. The number of benzene rings is 4. The number of rotatable bonds is 13. The molecule has 0 saturated carbocycles. The van der Waals surface area contributed by atoms with Crippen molar-refractivity contribution < 1.29 is 42.9 Å². The van der Waals surface area contributed by atoms with E-state index in [1.807, 2.05) is 56.3 Å². The molecule has 0 aliphatic carbocycles. The zero-order valence-electron chi connectivity index (χ0n) is 30.6. The topological polar surface area (TPSA) is 114 Å². The molecule has 0 radical (unpaired) electrons. The average molecular weight is 713 g/mol. The van der Waals surface area contributed by atoms with E-state index in [2.05, 4.69) is 26.3 Å². The fourth-order valence-electron chi connectivity index (χ4n) is 4.51. The second-order valence-electron chi connectivity index (χ2n) is 12.6. The average Bonchev–Trinajstić information content (AvgIpc) is 3.11. The van der Waals surface area contributed by atoms with Gasteiger partial charge in [-0.05, 0) is 105 Å². The molecule has 9 nitrogen and oxygen atoms in total. The molecule has 0 atom stereocenters. The Kier molecular flexibility index (Phi) is 12.5. The first kappa shape index (κ1) is 39.1. The van der Waals surface area contributed by atoms with Gasteiger partial charge in [-0.15, -0.1) is 0 Å². The molecular formula is C44H40O9. The largest absolute Gasteiger partial charge is 0.464 e. The standard InChI is InChI=1S/C44H40O9/c1-25(2)24-49-38-21-32(15-18-35(38)34-17-20-37(51-42(46)27(5)6)40(23-34)53-44(48)29(9)10)30-11-13-31(14-12-30)33-16-19-36(50-41(45)26(3)4)39(22-33)52-43(47)28(7)8/h11-24H,3,5,7,9H2,1-2,4,6,8,10H3. The van der Waals surface area contributed by atoms with Crippen LogP contribution in [0.3, 0.4) is 0 Å². The number of carbonyl (C=O) groups is 4. The Morgan fingerprint density at radius 1 is 0.415 bits per heavy atom. The highest BCUT2D eigenvalue weighted by atomic mass is 16.6. The van der Waals surface area contributed by atoms with Gasteiger partial charge in [-0.3, -0.25) is 0 Å². The van der Waals surface area contributed by atoms with Crippen molar-refractivity contribution in [3.05, 3.63) is 139 Å². The molecule has 4 aromatic rings. The summed E-state index contributed by atoms with van der Waals surface area (Å²) in [5.74, 6) is -1.94. The van der Waals surface area contributed by atoms with E-state index in [0.29, 0.717) is 22.4 Å². The van der Waals surface area contributed by atoms with Gasteiger partial charge in [0.15, 0.2) is 23.0 Å². The Balaban J connectivity index is 1.73. The van der Waals surface area contributed by atoms with Crippen LogP contribution in [0.1, 0.15) is 41.5 Å².